The summed E-state index contributed by atoms with van der Waals surface area (Å²) < 4.78 is 10.4. The quantitative estimate of drug-likeness (QED) is 0.448. The molecule has 1 aliphatic heterocycles. The summed E-state index contributed by atoms with van der Waals surface area (Å²) in [5, 5.41) is 11.6. The van der Waals surface area contributed by atoms with Crippen molar-refractivity contribution in [2.24, 2.45) is 4.99 Å². The van der Waals surface area contributed by atoms with Crippen LogP contribution in [0.1, 0.15) is 22.3 Å². The van der Waals surface area contributed by atoms with Crippen molar-refractivity contribution >= 4 is 46.1 Å². The Kier molecular flexibility index (Phi) is 8.09. The predicted molar refractivity (Wildman–Crippen MR) is 142 cm³/mol. The number of hydrogen-bond donors (Lipinski definition) is 2. The smallest absolute Gasteiger partial charge is 0.335 e. The van der Waals surface area contributed by atoms with Gasteiger partial charge >= 0.3 is 5.97 Å². The second kappa shape index (κ2) is 11.6. The van der Waals surface area contributed by atoms with E-state index in [1.165, 1.54) is 23.9 Å². The molecule has 0 saturated carbocycles. The van der Waals surface area contributed by atoms with E-state index in [0.29, 0.717) is 28.0 Å². The zero-order valence-corrected chi connectivity index (χ0v) is 21.0. The van der Waals surface area contributed by atoms with E-state index in [1.807, 2.05) is 24.3 Å². The fourth-order valence-electron chi connectivity index (χ4n) is 3.63. The van der Waals surface area contributed by atoms with Gasteiger partial charge in [-0.2, -0.15) is 0 Å². The molecule has 3 aromatic carbocycles. The van der Waals surface area contributed by atoms with Crippen molar-refractivity contribution in [2.75, 3.05) is 19.5 Å². The highest BCUT2D eigenvalue weighted by Gasteiger charge is 2.36. The minimum Gasteiger partial charge on any atom is -0.497 e. The van der Waals surface area contributed by atoms with E-state index >= 15 is 0 Å². The summed E-state index contributed by atoms with van der Waals surface area (Å²) in [5.41, 5.74) is 1.88. The maximum absolute atomic E-state index is 13.3. The number of amidine groups is 1. The number of benzene rings is 3. The number of carboxylic acids is 1. The van der Waals surface area contributed by atoms with E-state index in [-0.39, 0.29) is 24.4 Å². The molecule has 1 saturated heterocycles. The molecule has 0 aromatic heterocycles. The van der Waals surface area contributed by atoms with E-state index < -0.39 is 17.1 Å². The molecule has 2 N–H and O–H groups in total. The number of rotatable bonds is 8. The summed E-state index contributed by atoms with van der Waals surface area (Å²) >= 11 is 1.18. The normalized spacial score (nSPS) is 16.4. The zero-order chi connectivity index (χ0) is 26.4. The number of carboxylic acid groups (broad SMARTS) is 1. The van der Waals surface area contributed by atoms with Crippen molar-refractivity contribution in [3.8, 4) is 11.5 Å². The molecule has 3 aromatic rings. The minimum absolute atomic E-state index is 0.0348. The summed E-state index contributed by atoms with van der Waals surface area (Å²) in [6.07, 6.45) is -0.0348. The van der Waals surface area contributed by atoms with Gasteiger partial charge in [-0.15, -0.1) is 0 Å². The van der Waals surface area contributed by atoms with Crippen molar-refractivity contribution in [1.29, 1.82) is 0 Å². The number of thioether (sulfide) groups is 1. The topological polar surface area (TPSA) is 118 Å². The molecule has 37 heavy (non-hydrogen) atoms. The Bertz CT molecular complexity index is 1320. The van der Waals surface area contributed by atoms with E-state index in [9.17, 15) is 19.5 Å². The summed E-state index contributed by atoms with van der Waals surface area (Å²) in [7, 11) is 3.16. The maximum atomic E-state index is 13.3. The van der Waals surface area contributed by atoms with Crippen LogP contribution in [-0.4, -0.2) is 52.4 Å². The Hall–Kier alpha value is -4.31. The van der Waals surface area contributed by atoms with Crippen LogP contribution < -0.4 is 14.8 Å². The highest BCUT2D eigenvalue weighted by molar-refractivity contribution is 8.15. The molecule has 4 rings (SSSR count). The van der Waals surface area contributed by atoms with Crippen LogP contribution in [0.2, 0.25) is 0 Å². The first-order chi connectivity index (χ1) is 17.9. The monoisotopic (exact) mass is 519 g/mol. The number of hydrogen-bond acceptors (Lipinski definition) is 7. The summed E-state index contributed by atoms with van der Waals surface area (Å²) in [4.78, 5) is 43.8. The standard InChI is InChI=1S/C27H25N3O6S/c1-35-21-10-6-17(7-11-21)16-30-24(31)15-23(25(32)28-20-5-3-4-18(14-20)26(33)34)37-27(30)29-19-8-12-22(36-2)13-9-19/h3-14,23H,15-16H2,1-2H3,(H,28,32)(H,33,34)/t23-/m1/s1. The minimum atomic E-state index is -1.10. The highest BCUT2D eigenvalue weighted by Crippen LogP contribution is 2.32. The lowest BCUT2D eigenvalue weighted by Crippen LogP contribution is -2.44. The van der Waals surface area contributed by atoms with Crippen LogP contribution in [0.5, 0.6) is 11.5 Å². The Labute approximate surface area is 218 Å². The molecular formula is C27H25N3O6S. The lowest BCUT2D eigenvalue weighted by atomic mass is 10.1. The fraction of sp³-hybridized carbons (Fsp3) is 0.185. The first-order valence-corrected chi connectivity index (χ1v) is 12.2. The van der Waals surface area contributed by atoms with Crippen molar-refractivity contribution < 1.29 is 29.0 Å². The number of amides is 2. The number of aromatic carboxylic acids is 1. The molecule has 0 radical (unpaired) electrons. The zero-order valence-electron chi connectivity index (χ0n) is 20.2. The van der Waals surface area contributed by atoms with Crippen LogP contribution in [0.15, 0.2) is 77.8 Å². The highest BCUT2D eigenvalue weighted by atomic mass is 32.2. The van der Waals surface area contributed by atoms with Gasteiger partial charge < -0.3 is 19.9 Å². The maximum Gasteiger partial charge on any atom is 0.335 e. The largest absolute Gasteiger partial charge is 0.497 e. The molecule has 190 valence electrons. The fourth-order valence-corrected chi connectivity index (χ4v) is 4.73. The summed E-state index contributed by atoms with van der Waals surface area (Å²) in [6, 6.07) is 20.4. The van der Waals surface area contributed by atoms with Crippen LogP contribution in [0.4, 0.5) is 11.4 Å². The van der Waals surface area contributed by atoms with Gasteiger partial charge in [0.25, 0.3) is 0 Å². The molecule has 0 aliphatic carbocycles. The lowest BCUT2D eigenvalue weighted by molar-refractivity contribution is -0.129. The number of ether oxygens (including phenoxy) is 2. The van der Waals surface area contributed by atoms with Gasteiger partial charge in [-0.05, 0) is 60.2 Å². The molecule has 10 heteroatoms. The SMILES string of the molecule is COc1ccc(CN2C(=O)C[C@H](C(=O)Nc3cccc(C(=O)O)c3)SC2=Nc2ccc(OC)cc2)cc1. The third-order valence-electron chi connectivity index (χ3n) is 5.61. The van der Waals surface area contributed by atoms with Gasteiger partial charge in [0.2, 0.25) is 11.8 Å². The summed E-state index contributed by atoms with van der Waals surface area (Å²) in [5.74, 6) is -0.374. The molecule has 0 spiro atoms. The molecule has 1 atom stereocenters. The Morgan fingerprint density at radius 1 is 1.03 bits per heavy atom. The lowest BCUT2D eigenvalue weighted by Gasteiger charge is -2.32. The second-order valence-electron chi connectivity index (χ2n) is 8.11. The van der Waals surface area contributed by atoms with Gasteiger partial charge in [-0.3, -0.25) is 14.5 Å². The number of methoxy groups -OCH3 is 2. The van der Waals surface area contributed by atoms with Gasteiger partial charge in [0, 0.05) is 12.1 Å². The first kappa shape index (κ1) is 25.8. The number of carbonyl (C=O) groups excluding carboxylic acids is 2. The van der Waals surface area contributed by atoms with Gasteiger partial charge in [-0.25, -0.2) is 9.79 Å². The van der Waals surface area contributed by atoms with Gasteiger partial charge in [0.1, 0.15) is 16.7 Å². The average Bonchev–Trinajstić information content (AvgIpc) is 2.91. The Morgan fingerprint density at radius 2 is 1.68 bits per heavy atom. The van der Waals surface area contributed by atoms with Crippen LogP contribution in [-0.2, 0) is 16.1 Å². The van der Waals surface area contributed by atoms with E-state index in [2.05, 4.69) is 10.3 Å². The number of nitrogens with one attached hydrogen (secondary N) is 1. The summed E-state index contributed by atoms with van der Waals surface area (Å²) in [6.45, 7) is 0.278. The number of nitrogens with zero attached hydrogens (tertiary/aromatic N) is 2. The molecule has 0 unspecified atom stereocenters. The number of aliphatic imine (C=N–C) groups is 1. The molecule has 0 bridgehead atoms. The molecule has 1 heterocycles. The molecule has 1 fully saturated rings. The Balaban J connectivity index is 1.59. The van der Waals surface area contributed by atoms with Crippen LogP contribution in [0, 0.1) is 0 Å². The number of anilines is 1. The van der Waals surface area contributed by atoms with E-state index in [1.54, 1.807) is 55.5 Å². The molecule has 1 aliphatic rings. The van der Waals surface area contributed by atoms with Gasteiger partial charge in [0.05, 0.1) is 32.0 Å². The molecule has 2 amide bonds. The van der Waals surface area contributed by atoms with Crippen LogP contribution >= 0.6 is 11.8 Å². The van der Waals surface area contributed by atoms with Crippen LogP contribution in [0.3, 0.4) is 0 Å². The Morgan fingerprint density at radius 3 is 2.30 bits per heavy atom. The van der Waals surface area contributed by atoms with Crippen LogP contribution in [0.25, 0.3) is 0 Å². The second-order valence-corrected chi connectivity index (χ2v) is 9.28. The van der Waals surface area contributed by atoms with Crippen molar-refractivity contribution in [3.05, 3.63) is 83.9 Å². The van der Waals surface area contributed by atoms with Gasteiger partial charge in [0.15, 0.2) is 5.17 Å². The van der Waals surface area contributed by atoms with Gasteiger partial charge in [-0.1, -0.05) is 30.0 Å². The first-order valence-electron chi connectivity index (χ1n) is 11.3. The van der Waals surface area contributed by atoms with Crippen molar-refractivity contribution in [3.63, 3.8) is 0 Å². The third kappa shape index (κ3) is 6.47. The average molecular weight is 520 g/mol. The predicted octanol–water partition coefficient (Wildman–Crippen LogP) is 4.56. The number of carbonyl (C=O) groups is 3. The van der Waals surface area contributed by atoms with Crippen molar-refractivity contribution in [1.82, 2.24) is 4.90 Å². The van der Waals surface area contributed by atoms with E-state index in [0.717, 1.165) is 5.56 Å². The third-order valence-corrected chi connectivity index (χ3v) is 6.79. The molecule has 9 nitrogen and oxygen atoms in total. The van der Waals surface area contributed by atoms with E-state index in [4.69, 9.17) is 9.47 Å². The molecular weight excluding hydrogens is 494 g/mol. The van der Waals surface area contributed by atoms with Crippen molar-refractivity contribution in [2.45, 2.75) is 18.2 Å².